The van der Waals surface area contributed by atoms with Crippen molar-refractivity contribution in [3.05, 3.63) is 45.2 Å². The van der Waals surface area contributed by atoms with Gasteiger partial charge in [0.25, 0.3) is 0 Å². The molecular weight excluding hydrogens is 287 g/mol. The minimum absolute atomic E-state index is 0.0839. The van der Waals surface area contributed by atoms with Gasteiger partial charge in [-0.1, -0.05) is 36.0 Å². The molecule has 0 bridgehead atoms. The molecule has 0 saturated heterocycles. The standard InChI is InChI=1S/C13H14ClFN2OS/c1-7(2)12-13(19-17-16-12)11(18)6-8-3-4-9(14)10(15)5-8/h3-5,7,11,18H,6H2,1-2H3. The number of aliphatic hydroxyl groups is 1. The summed E-state index contributed by atoms with van der Waals surface area (Å²) in [4.78, 5) is 0.741. The van der Waals surface area contributed by atoms with Crippen molar-refractivity contribution >= 4 is 23.1 Å². The molecule has 1 unspecified atom stereocenters. The maximum Gasteiger partial charge on any atom is 0.142 e. The van der Waals surface area contributed by atoms with E-state index < -0.39 is 11.9 Å². The molecule has 0 aliphatic carbocycles. The molecular formula is C13H14ClFN2OS. The van der Waals surface area contributed by atoms with Gasteiger partial charge in [-0.25, -0.2) is 4.39 Å². The van der Waals surface area contributed by atoms with Crippen LogP contribution in [0.5, 0.6) is 0 Å². The summed E-state index contributed by atoms with van der Waals surface area (Å²) < 4.78 is 17.2. The van der Waals surface area contributed by atoms with Gasteiger partial charge in [-0.3, -0.25) is 0 Å². The Morgan fingerprint density at radius 2 is 2.16 bits per heavy atom. The van der Waals surface area contributed by atoms with Gasteiger partial charge >= 0.3 is 0 Å². The Bertz CT molecular complexity index is 574. The lowest BCUT2D eigenvalue weighted by molar-refractivity contribution is 0.180. The molecule has 0 radical (unpaired) electrons. The van der Waals surface area contributed by atoms with E-state index in [2.05, 4.69) is 9.59 Å². The monoisotopic (exact) mass is 300 g/mol. The van der Waals surface area contributed by atoms with Crippen LogP contribution in [0.3, 0.4) is 0 Å². The Kier molecular flexibility index (Phi) is 4.50. The molecule has 1 aromatic carbocycles. The van der Waals surface area contributed by atoms with Gasteiger partial charge in [-0.2, -0.15) is 0 Å². The molecule has 2 aromatic rings. The lowest BCUT2D eigenvalue weighted by Gasteiger charge is -2.11. The van der Waals surface area contributed by atoms with E-state index in [0.717, 1.165) is 10.6 Å². The van der Waals surface area contributed by atoms with Crippen LogP contribution in [0.1, 0.15) is 42.0 Å². The van der Waals surface area contributed by atoms with Crippen molar-refractivity contribution in [3.8, 4) is 0 Å². The molecule has 6 heteroatoms. The van der Waals surface area contributed by atoms with E-state index in [1.807, 2.05) is 13.8 Å². The van der Waals surface area contributed by atoms with Crippen LogP contribution >= 0.6 is 23.1 Å². The van der Waals surface area contributed by atoms with Crippen molar-refractivity contribution in [3.63, 3.8) is 0 Å². The number of benzene rings is 1. The highest BCUT2D eigenvalue weighted by Gasteiger charge is 2.19. The number of halogens is 2. The summed E-state index contributed by atoms with van der Waals surface area (Å²) in [7, 11) is 0. The molecule has 0 aliphatic heterocycles. The molecule has 1 atom stereocenters. The maximum atomic E-state index is 13.3. The number of hydrogen-bond acceptors (Lipinski definition) is 4. The molecule has 2 rings (SSSR count). The highest BCUT2D eigenvalue weighted by Crippen LogP contribution is 2.29. The van der Waals surface area contributed by atoms with Crippen molar-refractivity contribution in [1.29, 1.82) is 0 Å². The normalized spacial score (nSPS) is 12.9. The van der Waals surface area contributed by atoms with Gasteiger partial charge in [-0.15, -0.1) is 5.10 Å². The molecule has 1 N–H and O–H groups in total. The van der Waals surface area contributed by atoms with Crippen LogP contribution in [0, 0.1) is 5.82 Å². The van der Waals surface area contributed by atoms with Gasteiger partial charge < -0.3 is 5.11 Å². The number of rotatable bonds is 4. The fourth-order valence-corrected chi connectivity index (χ4v) is 2.73. The first kappa shape index (κ1) is 14.4. The quantitative estimate of drug-likeness (QED) is 0.936. The summed E-state index contributed by atoms with van der Waals surface area (Å²) in [6, 6.07) is 4.54. The fourth-order valence-electron chi connectivity index (χ4n) is 1.82. The topological polar surface area (TPSA) is 46.0 Å². The largest absolute Gasteiger partial charge is 0.387 e. The third-order valence-corrected chi connectivity index (χ3v) is 3.95. The van der Waals surface area contributed by atoms with Gasteiger partial charge in [0, 0.05) is 6.42 Å². The summed E-state index contributed by atoms with van der Waals surface area (Å²) in [6.45, 7) is 3.99. The van der Waals surface area contributed by atoms with Gasteiger partial charge in [0.2, 0.25) is 0 Å². The second-order valence-electron chi connectivity index (χ2n) is 4.65. The smallest absolute Gasteiger partial charge is 0.142 e. The fraction of sp³-hybridized carbons (Fsp3) is 0.385. The minimum atomic E-state index is -0.724. The number of nitrogens with zero attached hydrogens (tertiary/aromatic N) is 2. The molecule has 0 spiro atoms. The number of aliphatic hydroxyl groups excluding tert-OH is 1. The number of aromatic nitrogens is 2. The van der Waals surface area contributed by atoms with Crippen LogP contribution in [0.2, 0.25) is 5.02 Å². The molecule has 19 heavy (non-hydrogen) atoms. The highest BCUT2D eigenvalue weighted by atomic mass is 35.5. The van der Waals surface area contributed by atoms with E-state index in [1.54, 1.807) is 6.07 Å². The molecule has 3 nitrogen and oxygen atoms in total. The number of hydrogen-bond donors (Lipinski definition) is 1. The van der Waals surface area contributed by atoms with Gasteiger partial charge in [0.1, 0.15) is 5.82 Å². The second-order valence-corrected chi connectivity index (χ2v) is 5.84. The zero-order chi connectivity index (χ0) is 14.0. The molecule has 0 aliphatic rings. The third kappa shape index (κ3) is 3.29. The molecule has 0 amide bonds. The van der Waals surface area contributed by atoms with Crippen LogP contribution in [0.25, 0.3) is 0 Å². The Hall–Kier alpha value is -1.04. The first-order valence-electron chi connectivity index (χ1n) is 5.93. The molecule has 0 fully saturated rings. The van der Waals surface area contributed by atoms with Gasteiger partial charge in [0.05, 0.1) is 21.7 Å². The maximum absolute atomic E-state index is 13.3. The van der Waals surface area contributed by atoms with Crippen molar-refractivity contribution in [1.82, 2.24) is 9.59 Å². The van der Waals surface area contributed by atoms with Crippen molar-refractivity contribution in [2.45, 2.75) is 32.3 Å². The SMILES string of the molecule is CC(C)c1nnsc1C(O)Cc1ccc(Cl)c(F)c1. The Labute approximate surface area is 120 Å². The first-order valence-corrected chi connectivity index (χ1v) is 7.08. The average molecular weight is 301 g/mol. The van der Waals surface area contributed by atoms with E-state index >= 15 is 0 Å². The molecule has 0 saturated carbocycles. The lowest BCUT2D eigenvalue weighted by atomic mass is 10.0. The van der Waals surface area contributed by atoms with E-state index in [0.29, 0.717) is 12.0 Å². The van der Waals surface area contributed by atoms with Crippen LogP contribution in [0.4, 0.5) is 4.39 Å². The molecule has 102 valence electrons. The zero-order valence-electron chi connectivity index (χ0n) is 10.6. The third-order valence-electron chi connectivity index (χ3n) is 2.80. The predicted octanol–water partition coefficient (Wildman–Crippen LogP) is 3.73. The van der Waals surface area contributed by atoms with E-state index in [4.69, 9.17) is 11.6 Å². The van der Waals surface area contributed by atoms with Crippen molar-refractivity contribution in [2.75, 3.05) is 0 Å². The predicted molar refractivity (Wildman–Crippen MR) is 74.1 cm³/mol. The average Bonchev–Trinajstić information content (AvgIpc) is 2.83. The molecule has 1 aromatic heterocycles. The van der Waals surface area contributed by atoms with Crippen LogP contribution < -0.4 is 0 Å². The Morgan fingerprint density at radius 3 is 2.79 bits per heavy atom. The second kappa shape index (κ2) is 5.94. The minimum Gasteiger partial charge on any atom is -0.387 e. The highest BCUT2D eigenvalue weighted by molar-refractivity contribution is 7.05. The summed E-state index contributed by atoms with van der Waals surface area (Å²) in [6.07, 6.45) is -0.407. The Morgan fingerprint density at radius 1 is 1.42 bits per heavy atom. The van der Waals surface area contributed by atoms with Crippen LogP contribution in [-0.2, 0) is 6.42 Å². The van der Waals surface area contributed by atoms with E-state index in [9.17, 15) is 9.50 Å². The van der Waals surface area contributed by atoms with Crippen LogP contribution in [-0.4, -0.2) is 14.7 Å². The van der Waals surface area contributed by atoms with Crippen molar-refractivity contribution < 1.29 is 9.50 Å². The summed E-state index contributed by atoms with van der Waals surface area (Å²) in [5, 5.41) is 14.3. The summed E-state index contributed by atoms with van der Waals surface area (Å²) in [5.41, 5.74) is 1.49. The Balaban J connectivity index is 2.18. The van der Waals surface area contributed by atoms with E-state index in [-0.39, 0.29) is 10.9 Å². The van der Waals surface area contributed by atoms with Gasteiger partial charge in [0.15, 0.2) is 0 Å². The van der Waals surface area contributed by atoms with E-state index in [1.165, 1.54) is 23.7 Å². The van der Waals surface area contributed by atoms with Gasteiger partial charge in [-0.05, 0) is 35.1 Å². The van der Waals surface area contributed by atoms with Crippen LogP contribution in [0.15, 0.2) is 18.2 Å². The summed E-state index contributed by atoms with van der Waals surface area (Å²) >= 11 is 6.81. The lowest BCUT2D eigenvalue weighted by Crippen LogP contribution is -2.04. The first-order chi connectivity index (χ1) is 8.99. The zero-order valence-corrected chi connectivity index (χ0v) is 12.2. The molecule has 1 heterocycles. The van der Waals surface area contributed by atoms with Crippen molar-refractivity contribution in [2.24, 2.45) is 0 Å². The summed E-state index contributed by atoms with van der Waals surface area (Å²) in [5.74, 6) is -0.275.